The molecule has 1 aromatic carbocycles. The summed E-state index contributed by atoms with van der Waals surface area (Å²) in [6.07, 6.45) is 4.09. The molecule has 0 aliphatic rings. The molecule has 0 saturated heterocycles. The number of ketones is 1. The molecule has 29 heavy (non-hydrogen) atoms. The third kappa shape index (κ3) is 6.85. The van der Waals surface area contributed by atoms with Gasteiger partial charge in [-0.05, 0) is 50.0 Å². The van der Waals surface area contributed by atoms with Crippen molar-refractivity contribution in [3.63, 3.8) is 0 Å². The Morgan fingerprint density at radius 1 is 1.17 bits per heavy atom. The van der Waals surface area contributed by atoms with E-state index < -0.39 is 5.97 Å². The van der Waals surface area contributed by atoms with Crippen LogP contribution >= 0.6 is 0 Å². The highest BCUT2D eigenvalue weighted by Gasteiger charge is 2.15. The summed E-state index contributed by atoms with van der Waals surface area (Å²) in [4.78, 5) is 23.6. The number of rotatable bonds is 13. The van der Waals surface area contributed by atoms with Crippen LogP contribution in [0.5, 0.6) is 11.5 Å². The van der Waals surface area contributed by atoms with E-state index in [1.54, 1.807) is 12.1 Å². The molecule has 1 heterocycles. The van der Waals surface area contributed by atoms with Crippen molar-refractivity contribution >= 4 is 11.8 Å². The first kappa shape index (κ1) is 22.3. The lowest BCUT2D eigenvalue weighted by Crippen LogP contribution is -2.07. The average molecular weight is 404 g/mol. The minimum atomic E-state index is -0.830. The number of phenols is 1. The molecule has 0 unspecified atom stereocenters. The Kier molecular flexibility index (Phi) is 8.57. The third-order valence-corrected chi connectivity index (χ3v) is 4.41. The lowest BCUT2D eigenvalue weighted by Gasteiger charge is -2.14. The number of aliphatic carboxylic acids is 1. The average Bonchev–Trinajstić information content (AvgIpc) is 3.11. The Bertz CT molecular complexity index is 834. The zero-order valence-corrected chi connectivity index (χ0v) is 16.9. The first-order valence-electron chi connectivity index (χ1n) is 9.89. The molecule has 0 saturated carbocycles. The molecule has 2 rings (SSSR count). The number of carbonyl (C=O) groups excluding carboxylic acids is 1. The van der Waals surface area contributed by atoms with Crippen LogP contribution in [0.2, 0.25) is 0 Å². The predicted molar refractivity (Wildman–Crippen MR) is 105 cm³/mol. The van der Waals surface area contributed by atoms with Crippen LogP contribution in [0, 0.1) is 0 Å². The number of unbranched alkanes of at least 4 members (excludes halogenated alkanes) is 1. The number of aromatic nitrogens is 4. The quantitative estimate of drug-likeness (QED) is 0.385. The highest BCUT2D eigenvalue weighted by molar-refractivity contribution is 5.97. The molecule has 0 atom stereocenters. The Balaban J connectivity index is 1.79. The number of carboxylic acids is 1. The Labute approximate surface area is 169 Å². The molecule has 0 bridgehead atoms. The third-order valence-electron chi connectivity index (χ3n) is 4.41. The molecule has 9 nitrogen and oxygen atoms in total. The van der Waals surface area contributed by atoms with Crippen molar-refractivity contribution < 1.29 is 24.5 Å². The molecule has 2 aromatic rings. The summed E-state index contributed by atoms with van der Waals surface area (Å²) in [5.74, 6) is 0.165. The Hall–Kier alpha value is -2.97. The van der Waals surface area contributed by atoms with E-state index in [2.05, 4.69) is 15.4 Å². The van der Waals surface area contributed by atoms with Crippen LogP contribution in [0.3, 0.4) is 0 Å². The van der Waals surface area contributed by atoms with E-state index in [1.165, 1.54) is 11.7 Å². The normalized spacial score (nSPS) is 10.8. The van der Waals surface area contributed by atoms with E-state index >= 15 is 0 Å². The summed E-state index contributed by atoms with van der Waals surface area (Å²) in [6, 6.07) is 3.33. The molecule has 1 aromatic heterocycles. The van der Waals surface area contributed by atoms with Gasteiger partial charge in [-0.1, -0.05) is 13.3 Å². The molecular weight excluding hydrogens is 376 g/mol. The van der Waals surface area contributed by atoms with Crippen molar-refractivity contribution in [1.82, 2.24) is 20.2 Å². The number of benzene rings is 1. The summed E-state index contributed by atoms with van der Waals surface area (Å²) in [6.45, 7) is 4.49. The lowest BCUT2D eigenvalue weighted by molar-refractivity contribution is -0.137. The summed E-state index contributed by atoms with van der Waals surface area (Å²) >= 11 is 0. The maximum atomic E-state index is 11.6. The number of aromatic hydroxyl groups is 1. The van der Waals surface area contributed by atoms with E-state index in [4.69, 9.17) is 9.84 Å². The van der Waals surface area contributed by atoms with Crippen molar-refractivity contribution in [3.05, 3.63) is 29.1 Å². The van der Waals surface area contributed by atoms with Gasteiger partial charge in [0.15, 0.2) is 11.6 Å². The summed E-state index contributed by atoms with van der Waals surface area (Å²) in [5, 5.41) is 31.1. The first-order valence-corrected chi connectivity index (χ1v) is 9.89. The lowest BCUT2D eigenvalue weighted by atomic mass is 10.0. The fourth-order valence-corrected chi connectivity index (χ4v) is 2.94. The second kappa shape index (κ2) is 11.1. The molecule has 0 spiro atoms. The van der Waals surface area contributed by atoms with Crippen LogP contribution in [0.4, 0.5) is 0 Å². The van der Waals surface area contributed by atoms with Gasteiger partial charge in [0.05, 0.1) is 18.7 Å². The standard InChI is InChI=1S/C20H28N4O5/c1-3-7-16-17(11-10-15(14(2)25)20(16)28)29-13-5-4-12-24-22-18(21-23-24)8-6-9-19(26)27/h10-11,28H,3-9,12-13H2,1-2H3,(H,26,27). The van der Waals surface area contributed by atoms with E-state index in [1.807, 2.05) is 6.92 Å². The van der Waals surface area contributed by atoms with Gasteiger partial charge in [0.2, 0.25) is 0 Å². The number of carboxylic acid groups (broad SMARTS) is 1. The van der Waals surface area contributed by atoms with Gasteiger partial charge < -0.3 is 14.9 Å². The van der Waals surface area contributed by atoms with Crippen LogP contribution in [-0.4, -0.2) is 48.8 Å². The largest absolute Gasteiger partial charge is 0.507 e. The number of nitrogens with zero attached hydrogens (tertiary/aromatic N) is 4. The molecule has 9 heteroatoms. The van der Waals surface area contributed by atoms with E-state index in [-0.39, 0.29) is 18.0 Å². The number of hydrogen-bond donors (Lipinski definition) is 2. The van der Waals surface area contributed by atoms with Crippen molar-refractivity contribution in [2.24, 2.45) is 0 Å². The molecule has 0 aliphatic carbocycles. The van der Waals surface area contributed by atoms with Crippen molar-refractivity contribution in [3.8, 4) is 11.5 Å². The maximum absolute atomic E-state index is 11.6. The molecule has 0 fully saturated rings. The molecular formula is C20H28N4O5. The number of ether oxygens (including phenoxy) is 1. The summed E-state index contributed by atoms with van der Waals surface area (Å²) in [7, 11) is 0. The fraction of sp³-hybridized carbons (Fsp3) is 0.550. The first-order chi connectivity index (χ1) is 13.9. The number of tetrazole rings is 1. The number of phenolic OH excluding ortho intramolecular Hbond substituents is 1. The van der Waals surface area contributed by atoms with Crippen molar-refractivity contribution in [2.75, 3.05) is 6.61 Å². The topological polar surface area (TPSA) is 127 Å². The van der Waals surface area contributed by atoms with Crippen molar-refractivity contribution in [1.29, 1.82) is 0 Å². The number of hydrogen-bond acceptors (Lipinski definition) is 7. The zero-order chi connectivity index (χ0) is 21.2. The SMILES string of the molecule is CCCc1c(OCCCCn2nnc(CCCC(=O)O)n2)ccc(C(C)=O)c1O. The summed E-state index contributed by atoms with van der Waals surface area (Å²) < 4.78 is 5.83. The highest BCUT2D eigenvalue weighted by Crippen LogP contribution is 2.33. The van der Waals surface area contributed by atoms with Gasteiger partial charge in [-0.2, -0.15) is 4.80 Å². The van der Waals surface area contributed by atoms with Gasteiger partial charge in [-0.25, -0.2) is 0 Å². The van der Waals surface area contributed by atoms with Gasteiger partial charge >= 0.3 is 5.97 Å². The minimum Gasteiger partial charge on any atom is -0.507 e. The van der Waals surface area contributed by atoms with Crippen LogP contribution in [0.15, 0.2) is 12.1 Å². The maximum Gasteiger partial charge on any atom is 0.303 e. The van der Waals surface area contributed by atoms with E-state index in [0.717, 1.165) is 19.3 Å². The van der Waals surface area contributed by atoms with Crippen LogP contribution in [-0.2, 0) is 24.2 Å². The van der Waals surface area contributed by atoms with Gasteiger partial charge in [0, 0.05) is 18.4 Å². The van der Waals surface area contributed by atoms with Crippen molar-refractivity contribution in [2.45, 2.75) is 65.3 Å². The molecule has 158 valence electrons. The molecule has 0 amide bonds. The number of aryl methyl sites for hydroxylation is 2. The predicted octanol–water partition coefficient (Wildman–Crippen LogP) is 2.80. The second-order valence-corrected chi connectivity index (χ2v) is 6.85. The highest BCUT2D eigenvalue weighted by atomic mass is 16.5. The van der Waals surface area contributed by atoms with E-state index in [9.17, 15) is 14.7 Å². The summed E-state index contributed by atoms with van der Waals surface area (Å²) in [5.41, 5.74) is 0.987. The fourth-order valence-electron chi connectivity index (χ4n) is 2.94. The van der Waals surface area contributed by atoms with Crippen LogP contribution in [0.1, 0.15) is 67.7 Å². The van der Waals surface area contributed by atoms with Gasteiger partial charge in [0.1, 0.15) is 11.5 Å². The monoisotopic (exact) mass is 404 g/mol. The van der Waals surface area contributed by atoms with E-state index in [0.29, 0.717) is 55.1 Å². The molecule has 0 radical (unpaired) electrons. The smallest absolute Gasteiger partial charge is 0.303 e. The van der Waals surface area contributed by atoms with Gasteiger partial charge in [-0.15, -0.1) is 10.2 Å². The van der Waals surface area contributed by atoms with Gasteiger partial charge in [0.25, 0.3) is 0 Å². The Morgan fingerprint density at radius 3 is 2.66 bits per heavy atom. The van der Waals surface area contributed by atoms with Gasteiger partial charge in [-0.3, -0.25) is 9.59 Å². The van der Waals surface area contributed by atoms with Crippen LogP contribution < -0.4 is 4.74 Å². The molecule has 0 aliphatic heterocycles. The number of Topliss-reactive ketones (excluding diaryl/α,β-unsaturated/α-hetero) is 1. The molecule has 2 N–H and O–H groups in total. The Morgan fingerprint density at radius 2 is 1.97 bits per heavy atom. The minimum absolute atomic E-state index is 0.0130. The van der Waals surface area contributed by atoms with Crippen LogP contribution in [0.25, 0.3) is 0 Å². The second-order valence-electron chi connectivity index (χ2n) is 6.85. The number of carbonyl (C=O) groups is 2. The zero-order valence-electron chi connectivity index (χ0n) is 16.9.